The Balaban J connectivity index is 2.34. The highest BCUT2D eigenvalue weighted by Gasteiger charge is 2.22. The molecule has 1 unspecified atom stereocenters. The Morgan fingerprint density at radius 1 is 1.86 bits per heavy atom. The standard InChI is InChI=1S/C7H10/c1-3-4-7-5-6(7)2/h3-4,7H,2,5H2,1H3. The van der Waals surface area contributed by atoms with Crippen LogP contribution in [-0.4, -0.2) is 0 Å². The normalized spacial score (nSPS) is 29.3. The van der Waals surface area contributed by atoms with Crippen molar-refractivity contribution in [3.05, 3.63) is 24.3 Å². The maximum atomic E-state index is 3.82. The van der Waals surface area contributed by atoms with Gasteiger partial charge in [-0.15, -0.1) is 0 Å². The quantitative estimate of drug-likeness (QED) is 0.437. The van der Waals surface area contributed by atoms with Crippen LogP contribution in [0, 0.1) is 5.92 Å². The Morgan fingerprint density at radius 3 is 2.57 bits per heavy atom. The highest BCUT2D eigenvalue weighted by atomic mass is 14.3. The minimum atomic E-state index is 0.741. The van der Waals surface area contributed by atoms with Gasteiger partial charge in [0.05, 0.1) is 0 Å². The first-order valence-electron chi connectivity index (χ1n) is 2.65. The van der Waals surface area contributed by atoms with Crippen LogP contribution in [-0.2, 0) is 0 Å². The van der Waals surface area contributed by atoms with Gasteiger partial charge in [0.1, 0.15) is 0 Å². The van der Waals surface area contributed by atoms with Gasteiger partial charge in [-0.3, -0.25) is 0 Å². The van der Waals surface area contributed by atoms with Crippen molar-refractivity contribution < 1.29 is 0 Å². The van der Waals surface area contributed by atoms with E-state index in [1.807, 2.05) is 6.92 Å². The average Bonchev–Trinajstić information content (AvgIpc) is 2.22. The van der Waals surface area contributed by atoms with Gasteiger partial charge in [-0.1, -0.05) is 24.3 Å². The molecule has 0 bridgehead atoms. The molecule has 0 aromatic heterocycles. The summed E-state index contributed by atoms with van der Waals surface area (Å²) in [4.78, 5) is 0. The molecule has 0 aromatic rings. The van der Waals surface area contributed by atoms with Gasteiger partial charge in [0.25, 0.3) is 0 Å². The van der Waals surface area contributed by atoms with Crippen LogP contribution in [0.25, 0.3) is 0 Å². The third-order valence-corrected chi connectivity index (χ3v) is 1.27. The molecule has 0 aromatic carbocycles. The molecule has 0 saturated heterocycles. The van der Waals surface area contributed by atoms with Crippen LogP contribution in [0.1, 0.15) is 13.3 Å². The first-order valence-corrected chi connectivity index (χ1v) is 2.65. The Kier molecular flexibility index (Phi) is 1.01. The molecule has 1 atom stereocenters. The Hall–Kier alpha value is -0.520. The van der Waals surface area contributed by atoms with Crippen molar-refractivity contribution in [3.63, 3.8) is 0 Å². The number of allylic oxidation sites excluding steroid dienone is 3. The second kappa shape index (κ2) is 1.53. The van der Waals surface area contributed by atoms with Crippen LogP contribution < -0.4 is 0 Å². The van der Waals surface area contributed by atoms with Crippen LogP contribution in [0.5, 0.6) is 0 Å². The summed E-state index contributed by atoms with van der Waals surface area (Å²) in [6, 6.07) is 0. The fourth-order valence-corrected chi connectivity index (χ4v) is 0.660. The van der Waals surface area contributed by atoms with Crippen molar-refractivity contribution in [3.8, 4) is 0 Å². The van der Waals surface area contributed by atoms with E-state index in [1.165, 1.54) is 12.0 Å². The second-order valence-electron chi connectivity index (χ2n) is 1.99. The van der Waals surface area contributed by atoms with E-state index < -0.39 is 0 Å². The zero-order chi connectivity index (χ0) is 5.28. The molecular weight excluding hydrogens is 84.1 g/mol. The van der Waals surface area contributed by atoms with E-state index in [9.17, 15) is 0 Å². The van der Waals surface area contributed by atoms with Crippen molar-refractivity contribution in [2.75, 3.05) is 0 Å². The highest BCUT2D eigenvalue weighted by Crippen LogP contribution is 2.36. The third-order valence-electron chi connectivity index (χ3n) is 1.27. The van der Waals surface area contributed by atoms with Gasteiger partial charge < -0.3 is 0 Å². The zero-order valence-corrected chi connectivity index (χ0v) is 4.65. The van der Waals surface area contributed by atoms with E-state index in [2.05, 4.69) is 18.7 Å². The fraction of sp³-hybridized carbons (Fsp3) is 0.429. The molecule has 1 aliphatic rings. The molecule has 0 spiro atoms. The topological polar surface area (TPSA) is 0 Å². The van der Waals surface area contributed by atoms with Gasteiger partial charge in [0.2, 0.25) is 0 Å². The van der Waals surface area contributed by atoms with E-state index in [1.54, 1.807) is 0 Å². The summed E-state index contributed by atoms with van der Waals surface area (Å²) in [7, 11) is 0. The summed E-state index contributed by atoms with van der Waals surface area (Å²) in [6.07, 6.45) is 5.51. The largest absolute Gasteiger partial charge is 0.0992 e. The fourth-order valence-electron chi connectivity index (χ4n) is 0.660. The van der Waals surface area contributed by atoms with Gasteiger partial charge in [0, 0.05) is 5.92 Å². The third kappa shape index (κ3) is 0.923. The minimum Gasteiger partial charge on any atom is -0.0992 e. The van der Waals surface area contributed by atoms with E-state index >= 15 is 0 Å². The summed E-state index contributed by atoms with van der Waals surface area (Å²) in [5.74, 6) is 0.741. The van der Waals surface area contributed by atoms with Crippen molar-refractivity contribution in [1.29, 1.82) is 0 Å². The second-order valence-corrected chi connectivity index (χ2v) is 1.99. The van der Waals surface area contributed by atoms with Gasteiger partial charge in [-0.2, -0.15) is 0 Å². The Bertz CT molecular complexity index is 109. The molecule has 0 nitrogen and oxygen atoms in total. The zero-order valence-electron chi connectivity index (χ0n) is 4.65. The number of rotatable bonds is 1. The van der Waals surface area contributed by atoms with Gasteiger partial charge >= 0.3 is 0 Å². The van der Waals surface area contributed by atoms with E-state index in [4.69, 9.17) is 0 Å². The molecule has 1 aliphatic carbocycles. The lowest BCUT2D eigenvalue weighted by Crippen LogP contribution is -1.57. The van der Waals surface area contributed by atoms with Crippen LogP contribution in [0.3, 0.4) is 0 Å². The summed E-state index contributed by atoms with van der Waals surface area (Å²) < 4.78 is 0. The summed E-state index contributed by atoms with van der Waals surface area (Å²) in [5.41, 5.74) is 1.39. The molecule has 0 radical (unpaired) electrons. The summed E-state index contributed by atoms with van der Waals surface area (Å²) >= 11 is 0. The summed E-state index contributed by atoms with van der Waals surface area (Å²) in [6.45, 7) is 5.86. The smallest absolute Gasteiger partial charge is 0.00116 e. The Morgan fingerprint density at radius 2 is 2.43 bits per heavy atom. The van der Waals surface area contributed by atoms with Gasteiger partial charge in [-0.05, 0) is 13.3 Å². The predicted molar refractivity (Wildman–Crippen MR) is 32.1 cm³/mol. The first-order chi connectivity index (χ1) is 3.34. The van der Waals surface area contributed by atoms with Gasteiger partial charge in [0.15, 0.2) is 0 Å². The number of hydrogen-bond acceptors (Lipinski definition) is 0. The molecule has 0 heterocycles. The van der Waals surface area contributed by atoms with Gasteiger partial charge in [-0.25, -0.2) is 0 Å². The van der Waals surface area contributed by atoms with Crippen LogP contribution in [0.15, 0.2) is 24.3 Å². The lowest BCUT2D eigenvalue weighted by atomic mass is 10.4. The highest BCUT2D eigenvalue weighted by molar-refractivity contribution is 5.25. The lowest BCUT2D eigenvalue weighted by molar-refractivity contribution is 1.16. The molecule has 1 fully saturated rings. The summed E-state index contributed by atoms with van der Waals surface area (Å²) in [5, 5.41) is 0. The molecular formula is C7H10. The molecule has 0 N–H and O–H groups in total. The van der Waals surface area contributed by atoms with Crippen molar-refractivity contribution in [1.82, 2.24) is 0 Å². The SMILES string of the molecule is C=C1CC1C=CC. The molecule has 7 heavy (non-hydrogen) atoms. The van der Waals surface area contributed by atoms with E-state index in [-0.39, 0.29) is 0 Å². The molecule has 0 aliphatic heterocycles. The molecule has 0 amide bonds. The lowest BCUT2D eigenvalue weighted by Gasteiger charge is -1.70. The Labute approximate surface area is 44.5 Å². The van der Waals surface area contributed by atoms with Crippen LogP contribution >= 0.6 is 0 Å². The van der Waals surface area contributed by atoms with Crippen molar-refractivity contribution in [2.45, 2.75) is 13.3 Å². The molecule has 1 saturated carbocycles. The molecule has 38 valence electrons. The number of hydrogen-bond donors (Lipinski definition) is 0. The van der Waals surface area contributed by atoms with Crippen molar-refractivity contribution >= 4 is 0 Å². The van der Waals surface area contributed by atoms with Crippen molar-refractivity contribution in [2.24, 2.45) is 5.92 Å². The predicted octanol–water partition coefficient (Wildman–Crippen LogP) is 2.14. The maximum absolute atomic E-state index is 3.82. The molecule has 0 heteroatoms. The van der Waals surface area contributed by atoms with Crippen LogP contribution in [0.2, 0.25) is 0 Å². The maximum Gasteiger partial charge on any atom is 0.00116 e. The van der Waals surface area contributed by atoms with E-state index in [0.29, 0.717) is 0 Å². The first kappa shape index (κ1) is 4.63. The van der Waals surface area contributed by atoms with Crippen LogP contribution in [0.4, 0.5) is 0 Å². The minimum absolute atomic E-state index is 0.741. The molecule has 1 rings (SSSR count). The monoisotopic (exact) mass is 94.1 g/mol. The van der Waals surface area contributed by atoms with E-state index in [0.717, 1.165) is 5.92 Å². The average molecular weight is 94.2 g/mol.